The number of halogens is 2. The molecule has 3 N–H and O–H groups in total. The zero-order valence-corrected chi connectivity index (χ0v) is 18.8. The lowest BCUT2D eigenvalue weighted by Gasteiger charge is -2.25. The van der Waals surface area contributed by atoms with Gasteiger partial charge in [0.15, 0.2) is 0 Å². The summed E-state index contributed by atoms with van der Waals surface area (Å²) >= 11 is 0. The first-order valence-electron chi connectivity index (χ1n) is 10.3. The van der Waals surface area contributed by atoms with Gasteiger partial charge in [-0.3, -0.25) is 9.69 Å². The molecule has 0 saturated heterocycles. The lowest BCUT2D eigenvalue weighted by molar-refractivity contribution is -0.116. The molecule has 1 aliphatic heterocycles. The summed E-state index contributed by atoms with van der Waals surface area (Å²) in [5.74, 6) is 0.351. The highest BCUT2D eigenvalue weighted by Crippen LogP contribution is 2.32. The summed E-state index contributed by atoms with van der Waals surface area (Å²) < 4.78 is 26.0. The van der Waals surface area contributed by atoms with Crippen LogP contribution in [0.15, 0.2) is 41.0 Å². The molecule has 0 fully saturated rings. The van der Waals surface area contributed by atoms with Crippen molar-refractivity contribution < 1.29 is 18.4 Å². The largest absolute Gasteiger partial charge is 0.346 e. The van der Waals surface area contributed by atoms with Gasteiger partial charge in [0.25, 0.3) is 6.08 Å². The number of pyridine rings is 1. The Hall–Kier alpha value is -3.66. The Morgan fingerprint density at radius 2 is 1.97 bits per heavy atom. The highest BCUT2D eigenvalue weighted by atomic mass is 19.3. The Kier molecular flexibility index (Phi) is 7.17. The van der Waals surface area contributed by atoms with E-state index in [1.54, 1.807) is 6.92 Å². The van der Waals surface area contributed by atoms with E-state index < -0.39 is 30.8 Å². The van der Waals surface area contributed by atoms with Crippen LogP contribution in [0.25, 0.3) is 11.3 Å². The van der Waals surface area contributed by atoms with E-state index in [1.165, 1.54) is 11.9 Å². The number of amides is 3. The van der Waals surface area contributed by atoms with Gasteiger partial charge in [-0.05, 0) is 55.2 Å². The van der Waals surface area contributed by atoms with E-state index in [9.17, 15) is 18.4 Å². The number of benzene rings is 1. The zero-order chi connectivity index (χ0) is 24.3. The highest BCUT2D eigenvalue weighted by Gasteiger charge is 2.24. The molecule has 10 heteroatoms. The van der Waals surface area contributed by atoms with Crippen LogP contribution in [0.1, 0.15) is 23.1 Å². The van der Waals surface area contributed by atoms with E-state index >= 15 is 0 Å². The Labute approximate surface area is 190 Å². The summed E-state index contributed by atoms with van der Waals surface area (Å²) in [6, 6.07) is 6.90. The van der Waals surface area contributed by atoms with E-state index in [0.29, 0.717) is 29.9 Å². The second-order valence-corrected chi connectivity index (χ2v) is 7.82. The summed E-state index contributed by atoms with van der Waals surface area (Å²) in [7, 11) is 1.49. The molecule has 0 bridgehead atoms. The Balaban J connectivity index is 1.94. The number of nitrogens with zero attached hydrogens (tertiary/aromatic N) is 4. The van der Waals surface area contributed by atoms with Gasteiger partial charge in [0.2, 0.25) is 5.91 Å². The first-order chi connectivity index (χ1) is 15.7. The number of aromatic nitrogens is 1. The predicted molar refractivity (Wildman–Crippen MR) is 124 cm³/mol. The number of nitrogens with two attached hydrogens (primary N) is 1. The van der Waals surface area contributed by atoms with Crippen LogP contribution < -0.4 is 16.0 Å². The Bertz CT molecular complexity index is 1140. The van der Waals surface area contributed by atoms with Crippen LogP contribution in [0, 0.1) is 13.8 Å². The standard InChI is InChI=1S/C23H26F2N6O2/c1-13-5-7-18(16-9-14(2)20-15(10-16)6-8-19(32)29-20)28-22(13)30(4)23(33)31(27-3)12-17(11-26)21(24)25/h5,7,9-10H,3,6,8,11-12,26H2,1-2,4H3,(H,29,32). The molecular weight excluding hydrogens is 430 g/mol. The molecule has 1 aliphatic rings. The van der Waals surface area contributed by atoms with Gasteiger partial charge in [0.1, 0.15) is 5.82 Å². The second kappa shape index (κ2) is 9.86. The van der Waals surface area contributed by atoms with E-state index in [4.69, 9.17) is 5.73 Å². The number of carbonyl (C=O) groups is 2. The SMILES string of the molecule is C=NN(CC(CN)=C(F)F)C(=O)N(C)c1nc(-c2cc(C)c3c(c2)CCC(=O)N3)ccc1C. The Morgan fingerprint density at radius 1 is 1.24 bits per heavy atom. The van der Waals surface area contributed by atoms with E-state index in [2.05, 4.69) is 22.1 Å². The van der Waals surface area contributed by atoms with Gasteiger partial charge in [-0.1, -0.05) is 6.07 Å². The molecule has 8 nitrogen and oxygen atoms in total. The van der Waals surface area contributed by atoms with Crippen molar-refractivity contribution in [3.05, 3.63) is 52.6 Å². The minimum atomic E-state index is -1.95. The fourth-order valence-electron chi connectivity index (χ4n) is 3.68. The lowest BCUT2D eigenvalue weighted by Crippen LogP contribution is -2.40. The predicted octanol–water partition coefficient (Wildman–Crippen LogP) is 3.83. The van der Waals surface area contributed by atoms with Gasteiger partial charge >= 0.3 is 6.03 Å². The van der Waals surface area contributed by atoms with Crippen LogP contribution in [0.3, 0.4) is 0 Å². The van der Waals surface area contributed by atoms with Gasteiger partial charge in [0, 0.05) is 43.6 Å². The van der Waals surface area contributed by atoms with Crippen molar-refractivity contribution in [3.63, 3.8) is 0 Å². The number of urea groups is 1. The summed E-state index contributed by atoms with van der Waals surface area (Å²) in [5, 5.41) is 7.32. The monoisotopic (exact) mass is 456 g/mol. The van der Waals surface area contributed by atoms with Crippen LogP contribution in [0.5, 0.6) is 0 Å². The van der Waals surface area contributed by atoms with Gasteiger partial charge in [-0.15, -0.1) is 0 Å². The number of carbonyl (C=O) groups excluding carboxylic acids is 2. The third-order valence-electron chi connectivity index (χ3n) is 5.52. The van der Waals surface area contributed by atoms with Crippen molar-refractivity contribution in [1.82, 2.24) is 9.99 Å². The number of hydrazone groups is 1. The maximum absolute atomic E-state index is 13.0. The molecule has 3 amide bonds. The molecule has 1 aromatic heterocycles. The van der Waals surface area contributed by atoms with Crippen molar-refractivity contribution in [2.75, 3.05) is 30.4 Å². The number of rotatable bonds is 6. The average molecular weight is 456 g/mol. The van der Waals surface area contributed by atoms with Gasteiger partial charge in [-0.25, -0.2) is 14.8 Å². The number of anilines is 2. The maximum atomic E-state index is 13.0. The maximum Gasteiger partial charge on any atom is 0.346 e. The van der Waals surface area contributed by atoms with Crippen molar-refractivity contribution in [3.8, 4) is 11.3 Å². The minimum absolute atomic E-state index is 0.00473. The quantitative estimate of drug-likeness (QED) is 0.509. The van der Waals surface area contributed by atoms with Gasteiger partial charge in [0.05, 0.1) is 12.2 Å². The molecule has 2 aromatic rings. The molecule has 3 rings (SSSR count). The van der Waals surface area contributed by atoms with Crippen LogP contribution in [0.4, 0.5) is 25.1 Å². The van der Waals surface area contributed by atoms with Crippen LogP contribution in [0.2, 0.25) is 0 Å². The smallest absolute Gasteiger partial charge is 0.327 e. The fraction of sp³-hybridized carbons (Fsp3) is 0.304. The van der Waals surface area contributed by atoms with Crippen LogP contribution in [-0.2, 0) is 11.2 Å². The Morgan fingerprint density at radius 3 is 2.61 bits per heavy atom. The van der Waals surface area contributed by atoms with Crippen LogP contribution >= 0.6 is 0 Å². The molecule has 0 unspecified atom stereocenters. The molecule has 1 aromatic carbocycles. The average Bonchev–Trinajstić information content (AvgIpc) is 2.79. The molecule has 2 heterocycles. The molecule has 0 aliphatic carbocycles. The molecule has 0 spiro atoms. The van der Waals surface area contributed by atoms with Crippen molar-refractivity contribution in [1.29, 1.82) is 0 Å². The number of hydrogen-bond acceptors (Lipinski definition) is 5. The topological polar surface area (TPSA) is 104 Å². The molecule has 0 radical (unpaired) electrons. The fourth-order valence-corrected chi connectivity index (χ4v) is 3.68. The normalized spacial score (nSPS) is 12.5. The number of nitrogens with one attached hydrogen (secondary N) is 1. The molecule has 0 saturated carbocycles. The van der Waals surface area contributed by atoms with Crippen molar-refractivity contribution >= 4 is 30.2 Å². The molecule has 174 valence electrons. The van der Waals surface area contributed by atoms with Crippen molar-refractivity contribution in [2.24, 2.45) is 10.8 Å². The first kappa shape index (κ1) is 24.0. The number of hydrogen-bond donors (Lipinski definition) is 2. The van der Waals surface area contributed by atoms with E-state index in [1.807, 2.05) is 31.2 Å². The molecule has 0 atom stereocenters. The minimum Gasteiger partial charge on any atom is -0.327 e. The van der Waals surface area contributed by atoms with Gasteiger partial charge in [-0.2, -0.15) is 13.9 Å². The zero-order valence-electron chi connectivity index (χ0n) is 18.8. The van der Waals surface area contributed by atoms with E-state index in [-0.39, 0.29) is 5.91 Å². The first-order valence-corrected chi connectivity index (χ1v) is 10.3. The molecular formula is C23H26F2N6O2. The number of aryl methyl sites for hydroxylation is 3. The summed E-state index contributed by atoms with van der Waals surface area (Å²) in [5.41, 5.74) is 9.91. The summed E-state index contributed by atoms with van der Waals surface area (Å²) in [6.07, 6.45) is -0.894. The lowest BCUT2D eigenvalue weighted by atomic mass is 9.95. The third-order valence-corrected chi connectivity index (χ3v) is 5.52. The molecule has 33 heavy (non-hydrogen) atoms. The second-order valence-electron chi connectivity index (χ2n) is 7.82. The third kappa shape index (κ3) is 5.06. The summed E-state index contributed by atoms with van der Waals surface area (Å²) in [4.78, 5) is 30.6. The number of fused-ring (bicyclic) bond motifs is 1. The summed E-state index contributed by atoms with van der Waals surface area (Å²) in [6.45, 7) is 6.15. The van der Waals surface area contributed by atoms with Crippen LogP contribution in [-0.4, -0.2) is 48.8 Å². The van der Waals surface area contributed by atoms with Crippen molar-refractivity contribution in [2.45, 2.75) is 26.7 Å². The van der Waals surface area contributed by atoms with Gasteiger partial charge < -0.3 is 11.1 Å². The van der Waals surface area contributed by atoms with E-state index in [0.717, 1.165) is 27.4 Å². The highest BCUT2D eigenvalue weighted by molar-refractivity contribution is 5.95.